The molecule has 0 bridgehead atoms. The van der Waals surface area contributed by atoms with E-state index >= 15 is 0 Å². The molecule has 1 fully saturated rings. The van der Waals surface area contributed by atoms with Crippen molar-refractivity contribution in [3.05, 3.63) is 0 Å². The lowest BCUT2D eigenvalue weighted by atomic mass is 9.65. The summed E-state index contributed by atoms with van der Waals surface area (Å²) in [5.41, 5.74) is -18.8. The summed E-state index contributed by atoms with van der Waals surface area (Å²) in [5, 5.41) is 19.1. The van der Waals surface area contributed by atoms with E-state index in [1.165, 1.54) is 27.7 Å². The van der Waals surface area contributed by atoms with Gasteiger partial charge in [0.25, 0.3) is 11.2 Å². The van der Waals surface area contributed by atoms with Crippen molar-refractivity contribution >= 4 is 11.9 Å². The minimum absolute atomic E-state index is 0.163. The fourth-order valence-corrected chi connectivity index (χ4v) is 5.32. The highest BCUT2D eigenvalue weighted by molar-refractivity contribution is 5.78. The van der Waals surface area contributed by atoms with Crippen molar-refractivity contribution in [3.8, 4) is 0 Å². The number of carbonyl (C=O) groups is 2. The summed E-state index contributed by atoms with van der Waals surface area (Å²) in [6.07, 6.45) is -45.1. The highest BCUT2D eigenvalue weighted by atomic mass is 19.4. The molecule has 360 valence electrons. The third-order valence-electron chi connectivity index (χ3n) is 9.99. The van der Waals surface area contributed by atoms with Crippen molar-refractivity contribution in [2.45, 2.75) is 180 Å². The van der Waals surface area contributed by atoms with Crippen LogP contribution in [0.4, 0.5) is 79.0 Å². The van der Waals surface area contributed by atoms with Crippen molar-refractivity contribution < 1.29 is 113 Å². The molecule has 2 N–H and O–H groups in total. The highest BCUT2D eigenvalue weighted by Gasteiger charge is 2.78. The molecule has 0 heterocycles. The van der Waals surface area contributed by atoms with Gasteiger partial charge in [0.15, 0.2) is 10.8 Å². The Kier molecular flexibility index (Phi) is 20.3. The Balaban J connectivity index is 0. The number of esters is 2. The lowest BCUT2D eigenvalue weighted by Crippen LogP contribution is -2.67. The number of rotatable bonds is 11. The predicted molar refractivity (Wildman–Crippen MR) is 176 cm³/mol. The molecule has 0 aromatic carbocycles. The quantitative estimate of drug-likeness (QED) is 0.157. The summed E-state index contributed by atoms with van der Waals surface area (Å²) in [6.45, 7) is 15.0. The number of alkyl halides is 18. The number of carbonyl (C=O) groups excluding carboxylic acids is 2. The number of ether oxygens (including phenoxy) is 3. The minimum atomic E-state index is -6.77. The van der Waals surface area contributed by atoms with Gasteiger partial charge in [0.05, 0.1) is 6.10 Å². The van der Waals surface area contributed by atoms with Crippen LogP contribution >= 0.6 is 0 Å². The summed E-state index contributed by atoms with van der Waals surface area (Å²) in [6, 6.07) is 0. The second-order valence-electron chi connectivity index (χ2n) is 15.6. The summed E-state index contributed by atoms with van der Waals surface area (Å²) in [5.74, 6) is -11.0. The normalized spacial score (nSPS) is 21.5. The van der Waals surface area contributed by atoms with Gasteiger partial charge in [-0.25, -0.2) is 0 Å². The summed E-state index contributed by atoms with van der Waals surface area (Å²) < 4.78 is 252. The van der Waals surface area contributed by atoms with Gasteiger partial charge in [0.2, 0.25) is 0 Å². The molecule has 0 saturated heterocycles. The van der Waals surface area contributed by atoms with E-state index in [0.29, 0.717) is 6.10 Å². The first-order valence-corrected chi connectivity index (χ1v) is 18.2. The Bertz CT molecular complexity index is 1270. The van der Waals surface area contributed by atoms with E-state index < -0.39 is 120 Å². The Morgan fingerprint density at radius 3 is 1.10 bits per heavy atom. The molecule has 25 heteroatoms. The molecule has 5 atom stereocenters. The van der Waals surface area contributed by atoms with Gasteiger partial charge in [-0.3, -0.25) is 9.59 Å². The standard InChI is InChI=1S/C18H19F15O4.C10H17F3O2.C7H16O/c1-3-11(2,14(19,20)21)10(34)37-9-5-7(12(35,15(22,23)24)16(25,26)27)4-8(6-9)13(36,17(28,29)30)18(31,32)33;1-6-9(5,10(11,12)13)7(14)15-8(2,3)4;1-4-6-8-7(3)5-2/h7-9,35-36H,3-6H2,1-2H3;6H2,1-5H3;7H,4-6H2,1-3H3. The van der Waals surface area contributed by atoms with Crippen LogP contribution in [-0.2, 0) is 23.8 Å². The van der Waals surface area contributed by atoms with Crippen molar-refractivity contribution in [1.82, 2.24) is 0 Å². The van der Waals surface area contributed by atoms with E-state index in [9.17, 15) is 98.8 Å². The van der Waals surface area contributed by atoms with Gasteiger partial charge in [0.1, 0.15) is 11.7 Å². The maximum Gasteiger partial charge on any atom is 0.426 e. The number of aliphatic hydroxyl groups is 2. The van der Waals surface area contributed by atoms with Gasteiger partial charge in [-0.05, 0) is 86.5 Å². The van der Waals surface area contributed by atoms with Gasteiger partial charge in [0, 0.05) is 18.4 Å². The average Bonchev–Trinajstić information content (AvgIpc) is 3.05. The smallest absolute Gasteiger partial charge is 0.426 e. The van der Waals surface area contributed by atoms with Crippen molar-refractivity contribution in [3.63, 3.8) is 0 Å². The predicted octanol–water partition coefficient (Wildman–Crippen LogP) is 11.5. The molecule has 1 aliphatic rings. The van der Waals surface area contributed by atoms with E-state index in [-0.39, 0.29) is 13.3 Å². The van der Waals surface area contributed by atoms with Crippen LogP contribution in [-0.4, -0.2) is 94.8 Å². The van der Waals surface area contributed by atoms with Crippen molar-refractivity contribution in [2.75, 3.05) is 6.61 Å². The van der Waals surface area contributed by atoms with E-state index in [1.807, 2.05) is 0 Å². The van der Waals surface area contributed by atoms with E-state index in [2.05, 4.69) is 25.5 Å². The van der Waals surface area contributed by atoms with Crippen LogP contribution < -0.4 is 0 Å². The first kappa shape index (κ1) is 59.7. The topological polar surface area (TPSA) is 102 Å². The number of hydrogen-bond donors (Lipinski definition) is 2. The SMILES string of the molecule is CCC(C)(C(=O)OC(C)(C)C)C(F)(F)F.CCC(C)(C(=O)OC1CC(C(O)(C(F)(F)F)C(F)(F)F)CC(C(O)(C(F)(F)F)C(F)(F)F)C1)C(F)(F)F.CCCOC(C)CC. The van der Waals surface area contributed by atoms with Crippen LogP contribution in [0.2, 0.25) is 0 Å². The molecule has 7 nitrogen and oxygen atoms in total. The zero-order valence-electron chi connectivity index (χ0n) is 34.2. The largest absolute Gasteiger partial charge is 0.462 e. The van der Waals surface area contributed by atoms with E-state index in [1.54, 1.807) is 0 Å². The lowest BCUT2D eigenvalue weighted by Gasteiger charge is -2.48. The van der Waals surface area contributed by atoms with Crippen LogP contribution in [0.1, 0.15) is 114 Å². The summed E-state index contributed by atoms with van der Waals surface area (Å²) in [7, 11) is 0. The van der Waals surface area contributed by atoms with E-state index in [4.69, 9.17) is 9.47 Å². The molecular weight excluding hydrogens is 874 g/mol. The minimum Gasteiger partial charge on any atom is -0.462 e. The lowest BCUT2D eigenvalue weighted by molar-refractivity contribution is -0.405. The van der Waals surface area contributed by atoms with Gasteiger partial charge >= 0.3 is 49.0 Å². The molecule has 0 radical (unpaired) electrons. The molecule has 60 heavy (non-hydrogen) atoms. The Hall–Kier alpha value is -2.44. The molecule has 1 aliphatic carbocycles. The molecule has 0 amide bonds. The summed E-state index contributed by atoms with van der Waals surface area (Å²) in [4.78, 5) is 23.6. The first-order chi connectivity index (χ1) is 26.3. The molecule has 0 spiro atoms. The molecule has 0 aromatic rings. The molecule has 0 aliphatic heterocycles. The number of halogens is 18. The first-order valence-electron chi connectivity index (χ1n) is 18.2. The monoisotopic (exact) mass is 926 g/mol. The Labute approximate surface area is 334 Å². The molecule has 0 aromatic heterocycles. The van der Waals surface area contributed by atoms with Gasteiger partial charge in [-0.1, -0.05) is 27.7 Å². The van der Waals surface area contributed by atoms with Crippen molar-refractivity contribution in [2.24, 2.45) is 22.7 Å². The van der Waals surface area contributed by atoms with Crippen LogP contribution in [0.5, 0.6) is 0 Å². The third kappa shape index (κ3) is 14.0. The molecular formula is C35H52F18O7. The molecule has 5 unspecified atom stereocenters. The number of hydrogen-bond acceptors (Lipinski definition) is 7. The van der Waals surface area contributed by atoms with Gasteiger partial charge in [-0.15, -0.1) is 0 Å². The Morgan fingerprint density at radius 1 is 0.550 bits per heavy atom. The van der Waals surface area contributed by atoms with Crippen molar-refractivity contribution in [1.29, 1.82) is 0 Å². The third-order valence-corrected chi connectivity index (χ3v) is 9.99. The maximum absolute atomic E-state index is 13.3. The van der Waals surface area contributed by atoms with Gasteiger partial charge < -0.3 is 24.4 Å². The molecule has 1 saturated carbocycles. The fraction of sp³-hybridized carbons (Fsp3) is 0.943. The fourth-order valence-electron chi connectivity index (χ4n) is 5.32. The van der Waals surface area contributed by atoms with Crippen LogP contribution in [0.15, 0.2) is 0 Å². The van der Waals surface area contributed by atoms with Crippen LogP contribution in [0.25, 0.3) is 0 Å². The Morgan fingerprint density at radius 2 is 0.867 bits per heavy atom. The zero-order chi connectivity index (χ0) is 48.7. The highest BCUT2D eigenvalue weighted by Crippen LogP contribution is 2.58. The second-order valence-corrected chi connectivity index (χ2v) is 15.6. The van der Waals surface area contributed by atoms with Gasteiger partial charge in [-0.2, -0.15) is 79.0 Å². The second kappa shape index (κ2) is 20.4. The maximum atomic E-state index is 13.3. The van der Waals surface area contributed by atoms with Crippen LogP contribution in [0.3, 0.4) is 0 Å². The molecule has 1 rings (SSSR count). The summed E-state index contributed by atoms with van der Waals surface area (Å²) >= 11 is 0. The average molecular weight is 927 g/mol. The van der Waals surface area contributed by atoms with E-state index in [0.717, 1.165) is 33.3 Å². The van der Waals surface area contributed by atoms with Crippen LogP contribution in [0, 0.1) is 22.7 Å². The zero-order valence-corrected chi connectivity index (χ0v) is 34.2.